The zero-order chi connectivity index (χ0) is 14.9. The number of imidazole rings is 1. The van der Waals surface area contributed by atoms with Crippen LogP contribution in [-0.2, 0) is 16.4 Å². The molecule has 2 fully saturated rings. The first-order chi connectivity index (χ1) is 10.1. The molecule has 3 rings (SSSR count). The van der Waals surface area contributed by atoms with Crippen molar-refractivity contribution in [2.75, 3.05) is 13.1 Å². The zero-order valence-corrected chi connectivity index (χ0v) is 13.3. The van der Waals surface area contributed by atoms with Gasteiger partial charge in [-0.1, -0.05) is 13.3 Å². The Hall–Kier alpha value is -0.920. The monoisotopic (exact) mass is 312 g/mol. The van der Waals surface area contributed by atoms with Crippen LogP contribution in [0.3, 0.4) is 0 Å². The average molecular weight is 312 g/mol. The number of aromatic nitrogens is 2. The molecular weight excluding hydrogens is 288 g/mol. The first-order valence-corrected chi connectivity index (χ1v) is 9.34. The Labute approximate surface area is 126 Å². The number of aromatic amines is 1. The van der Waals surface area contributed by atoms with Gasteiger partial charge in [0.15, 0.2) is 5.03 Å². The van der Waals surface area contributed by atoms with Crippen molar-refractivity contribution >= 4 is 10.0 Å². The maximum Gasteiger partial charge on any atom is 0.260 e. The number of H-pyrrole nitrogens is 1. The summed E-state index contributed by atoms with van der Waals surface area (Å²) in [6.45, 7) is 3.33. The lowest BCUT2D eigenvalue weighted by Gasteiger charge is -2.34. The van der Waals surface area contributed by atoms with Crippen LogP contribution >= 0.6 is 0 Å². The van der Waals surface area contributed by atoms with Gasteiger partial charge >= 0.3 is 0 Å². The molecule has 7 heteroatoms. The van der Waals surface area contributed by atoms with Gasteiger partial charge in [0.1, 0.15) is 5.82 Å². The average Bonchev–Trinajstić information content (AvgIpc) is 3.19. The minimum absolute atomic E-state index is 0.0673. The van der Waals surface area contributed by atoms with E-state index in [-0.39, 0.29) is 11.1 Å². The van der Waals surface area contributed by atoms with Gasteiger partial charge in [-0.3, -0.25) is 0 Å². The predicted octanol–water partition coefficient (Wildman–Crippen LogP) is 1.27. The van der Waals surface area contributed by atoms with E-state index in [1.165, 1.54) is 19.0 Å². The molecule has 0 amide bonds. The van der Waals surface area contributed by atoms with Crippen molar-refractivity contribution in [1.82, 2.24) is 19.6 Å². The molecule has 0 radical (unpaired) electrons. The molecule has 118 valence electrons. The Balaban J connectivity index is 1.76. The maximum absolute atomic E-state index is 12.8. The normalized spacial score (nSPS) is 24.3. The SMILES string of the molecule is CCc1ncc(S(=O)(=O)N2CCCCC2CNC2CC2)[nH]1. The van der Waals surface area contributed by atoms with Crippen molar-refractivity contribution < 1.29 is 8.42 Å². The highest BCUT2D eigenvalue weighted by Gasteiger charge is 2.35. The third kappa shape index (κ3) is 3.30. The summed E-state index contributed by atoms with van der Waals surface area (Å²) in [5.74, 6) is 0.721. The number of hydrogen-bond acceptors (Lipinski definition) is 4. The van der Waals surface area contributed by atoms with Crippen LogP contribution in [0.15, 0.2) is 11.2 Å². The third-order valence-electron chi connectivity index (χ3n) is 4.32. The van der Waals surface area contributed by atoms with Crippen molar-refractivity contribution in [3.63, 3.8) is 0 Å². The molecule has 1 atom stereocenters. The summed E-state index contributed by atoms with van der Waals surface area (Å²) in [5.41, 5.74) is 0. The molecule has 2 aliphatic rings. The van der Waals surface area contributed by atoms with Crippen LogP contribution in [0.25, 0.3) is 0 Å². The summed E-state index contributed by atoms with van der Waals surface area (Å²) in [6, 6.07) is 0.674. The lowest BCUT2D eigenvalue weighted by molar-refractivity contribution is 0.244. The van der Waals surface area contributed by atoms with E-state index in [4.69, 9.17) is 0 Å². The Morgan fingerprint density at radius 2 is 2.19 bits per heavy atom. The van der Waals surface area contributed by atoms with Crippen LogP contribution in [0.1, 0.15) is 44.9 Å². The van der Waals surface area contributed by atoms with Gasteiger partial charge in [-0.15, -0.1) is 0 Å². The highest BCUT2D eigenvalue weighted by atomic mass is 32.2. The molecule has 1 saturated heterocycles. The van der Waals surface area contributed by atoms with Gasteiger partial charge in [0.05, 0.1) is 6.20 Å². The van der Waals surface area contributed by atoms with Crippen LogP contribution in [0, 0.1) is 0 Å². The molecule has 0 aromatic carbocycles. The van der Waals surface area contributed by atoms with E-state index >= 15 is 0 Å². The first kappa shape index (κ1) is 15.0. The van der Waals surface area contributed by atoms with Crippen molar-refractivity contribution in [1.29, 1.82) is 0 Å². The molecule has 1 aliphatic heterocycles. The highest BCUT2D eigenvalue weighted by Crippen LogP contribution is 2.25. The standard InChI is InChI=1S/C14H24N4O2S/c1-2-13-16-10-14(17-13)21(19,20)18-8-4-3-5-12(18)9-15-11-6-7-11/h10-12,15H,2-9H2,1H3,(H,16,17). The minimum atomic E-state index is -3.45. The summed E-state index contributed by atoms with van der Waals surface area (Å²) >= 11 is 0. The van der Waals surface area contributed by atoms with E-state index in [0.29, 0.717) is 19.0 Å². The van der Waals surface area contributed by atoms with Gasteiger partial charge in [-0.2, -0.15) is 4.31 Å². The summed E-state index contributed by atoms with van der Waals surface area (Å²) in [7, 11) is -3.45. The number of piperidine rings is 1. The topological polar surface area (TPSA) is 78.1 Å². The van der Waals surface area contributed by atoms with E-state index in [1.54, 1.807) is 4.31 Å². The highest BCUT2D eigenvalue weighted by molar-refractivity contribution is 7.89. The lowest BCUT2D eigenvalue weighted by Crippen LogP contribution is -2.48. The zero-order valence-electron chi connectivity index (χ0n) is 12.5. The Bertz CT molecular complexity index is 580. The number of nitrogens with zero attached hydrogens (tertiary/aromatic N) is 2. The van der Waals surface area contributed by atoms with E-state index in [0.717, 1.165) is 31.6 Å². The number of sulfonamides is 1. The molecule has 2 heterocycles. The fourth-order valence-corrected chi connectivity index (χ4v) is 4.49. The van der Waals surface area contributed by atoms with Crippen molar-refractivity contribution in [3.05, 3.63) is 12.0 Å². The lowest BCUT2D eigenvalue weighted by atomic mass is 10.1. The minimum Gasteiger partial charge on any atom is -0.332 e. The molecule has 1 aromatic rings. The van der Waals surface area contributed by atoms with Crippen LogP contribution in [0.5, 0.6) is 0 Å². The summed E-state index contributed by atoms with van der Waals surface area (Å²) < 4.78 is 27.3. The number of nitrogens with one attached hydrogen (secondary N) is 2. The second-order valence-corrected chi connectivity index (χ2v) is 7.85. The molecule has 0 bridgehead atoms. The van der Waals surface area contributed by atoms with E-state index in [9.17, 15) is 8.42 Å². The summed E-state index contributed by atoms with van der Waals surface area (Å²) in [4.78, 5) is 7.07. The van der Waals surface area contributed by atoms with Crippen LogP contribution < -0.4 is 5.32 Å². The van der Waals surface area contributed by atoms with E-state index in [1.807, 2.05) is 6.92 Å². The Morgan fingerprint density at radius 3 is 2.86 bits per heavy atom. The number of aryl methyl sites for hydroxylation is 1. The quantitative estimate of drug-likeness (QED) is 0.829. The molecule has 21 heavy (non-hydrogen) atoms. The third-order valence-corrected chi connectivity index (χ3v) is 6.18. The second kappa shape index (κ2) is 6.06. The molecule has 2 N–H and O–H groups in total. The van der Waals surface area contributed by atoms with Gasteiger partial charge in [-0.05, 0) is 25.7 Å². The number of rotatable bonds is 6. The van der Waals surface area contributed by atoms with Gasteiger partial charge in [0.2, 0.25) is 0 Å². The molecule has 1 saturated carbocycles. The van der Waals surface area contributed by atoms with Gasteiger partial charge in [-0.25, -0.2) is 13.4 Å². The molecule has 0 spiro atoms. The Kier molecular flexibility index (Phi) is 4.33. The molecule has 6 nitrogen and oxygen atoms in total. The van der Waals surface area contributed by atoms with Gasteiger partial charge in [0.25, 0.3) is 10.0 Å². The molecule has 1 aromatic heterocycles. The fourth-order valence-electron chi connectivity index (χ4n) is 2.87. The predicted molar refractivity (Wildman–Crippen MR) is 80.5 cm³/mol. The molecule has 1 unspecified atom stereocenters. The Morgan fingerprint density at radius 1 is 1.38 bits per heavy atom. The van der Waals surface area contributed by atoms with Crippen LogP contribution in [0.4, 0.5) is 0 Å². The maximum atomic E-state index is 12.8. The van der Waals surface area contributed by atoms with Crippen LogP contribution in [-0.4, -0.2) is 47.9 Å². The smallest absolute Gasteiger partial charge is 0.260 e. The van der Waals surface area contributed by atoms with Gasteiger partial charge < -0.3 is 10.3 Å². The first-order valence-electron chi connectivity index (χ1n) is 7.90. The molecule has 1 aliphatic carbocycles. The van der Waals surface area contributed by atoms with Crippen molar-refractivity contribution in [3.8, 4) is 0 Å². The largest absolute Gasteiger partial charge is 0.332 e. The number of hydrogen-bond donors (Lipinski definition) is 2. The molecular formula is C14H24N4O2S. The van der Waals surface area contributed by atoms with Crippen molar-refractivity contribution in [2.45, 2.75) is 62.6 Å². The fraction of sp³-hybridized carbons (Fsp3) is 0.786. The van der Waals surface area contributed by atoms with Crippen LogP contribution in [0.2, 0.25) is 0 Å². The summed E-state index contributed by atoms with van der Waals surface area (Å²) in [5, 5.41) is 3.70. The summed E-state index contributed by atoms with van der Waals surface area (Å²) in [6.07, 6.45) is 7.59. The van der Waals surface area contributed by atoms with E-state index in [2.05, 4.69) is 15.3 Å². The van der Waals surface area contributed by atoms with E-state index < -0.39 is 10.0 Å². The second-order valence-electron chi connectivity index (χ2n) is 6.00. The van der Waals surface area contributed by atoms with Gasteiger partial charge in [0, 0.05) is 31.6 Å². The van der Waals surface area contributed by atoms with Crippen molar-refractivity contribution in [2.24, 2.45) is 0 Å².